The van der Waals surface area contributed by atoms with Crippen molar-refractivity contribution in [1.29, 1.82) is 0 Å². The minimum Gasteiger partial charge on any atom is -0.493 e. The summed E-state index contributed by atoms with van der Waals surface area (Å²) < 4.78 is 20.1. The SMILES string of the molecule is CCOc1ccccc1C(O)c1ccc(Br)c(Cl)c1F. The summed E-state index contributed by atoms with van der Waals surface area (Å²) >= 11 is 9.00. The molecule has 0 aliphatic carbocycles. The first-order valence-electron chi connectivity index (χ1n) is 6.09. The largest absolute Gasteiger partial charge is 0.493 e. The molecule has 0 radical (unpaired) electrons. The Balaban J connectivity index is 2.46. The van der Waals surface area contributed by atoms with Gasteiger partial charge in [-0.3, -0.25) is 0 Å². The molecule has 2 aromatic rings. The molecular formula is C15H13BrClFO2. The van der Waals surface area contributed by atoms with Gasteiger partial charge in [-0.2, -0.15) is 0 Å². The van der Waals surface area contributed by atoms with E-state index in [1.54, 1.807) is 30.3 Å². The van der Waals surface area contributed by atoms with Crippen LogP contribution < -0.4 is 4.74 Å². The summed E-state index contributed by atoms with van der Waals surface area (Å²) in [5, 5.41) is 10.4. The second-order valence-electron chi connectivity index (χ2n) is 4.14. The molecule has 0 amide bonds. The van der Waals surface area contributed by atoms with E-state index in [1.807, 2.05) is 6.92 Å². The molecule has 0 heterocycles. The standard InChI is InChI=1S/C15H13BrClFO2/c1-2-20-12-6-4-3-5-9(12)15(19)10-7-8-11(16)13(17)14(10)18/h3-8,15,19H,2H2,1H3. The van der Waals surface area contributed by atoms with Crippen LogP contribution in [-0.4, -0.2) is 11.7 Å². The molecule has 1 unspecified atom stereocenters. The molecule has 0 spiro atoms. The maximum Gasteiger partial charge on any atom is 0.149 e. The molecule has 1 atom stereocenters. The first-order valence-corrected chi connectivity index (χ1v) is 7.26. The van der Waals surface area contributed by atoms with E-state index < -0.39 is 11.9 Å². The number of hydrogen-bond donors (Lipinski definition) is 1. The lowest BCUT2D eigenvalue weighted by molar-refractivity contribution is 0.207. The van der Waals surface area contributed by atoms with Gasteiger partial charge in [0.25, 0.3) is 0 Å². The summed E-state index contributed by atoms with van der Waals surface area (Å²) in [4.78, 5) is 0. The van der Waals surface area contributed by atoms with Crippen molar-refractivity contribution in [2.24, 2.45) is 0 Å². The third kappa shape index (κ3) is 2.97. The van der Waals surface area contributed by atoms with Crippen molar-refractivity contribution in [3.63, 3.8) is 0 Å². The molecule has 1 N–H and O–H groups in total. The number of hydrogen-bond acceptors (Lipinski definition) is 2. The number of benzene rings is 2. The zero-order valence-electron chi connectivity index (χ0n) is 10.7. The number of aliphatic hydroxyl groups excluding tert-OH is 1. The summed E-state index contributed by atoms with van der Waals surface area (Å²) in [5.41, 5.74) is 0.622. The van der Waals surface area contributed by atoms with Crippen molar-refractivity contribution >= 4 is 27.5 Å². The predicted molar refractivity (Wildman–Crippen MR) is 80.8 cm³/mol. The van der Waals surface area contributed by atoms with Crippen LogP contribution in [0, 0.1) is 5.82 Å². The summed E-state index contributed by atoms with van der Waals surface area (Å²) in [7, 11) is 0. The van der Waals surface area contributed by atoms with Crippen molar-refractivity contribution in [3.05, 3.63) is 62.8 Å². The Morgan fingerprint density at radius 1 is 1.25 bits per heavy atom. The molecular weight excluding hydrogens is 347 g/mol. The fourth-order valence-corrected chi connectivity index (χ4v) is 2.39. The van der Waals surface area contributed by atoms with Crippen LogP contribution in [0.2, 0.25) is 5.02 Å². The Kier molecular flexibility index (Phi) is 5.02. The molecule has 2 nitrogen and oxygen atoms in total. The van der Waals surface area contributed by atoms with E-state index in [1.165, 1.54) is 6.07 Å². The van der Waals surface area contributed by atoms with Gasteiger partial charge in [-0.15, -0.1) is 0 Å². The zero-order chi connectivity index (χ0) is 14.7. The van der Waals surface area contributed by atoms with Gasteiger partial charge < -0.3 is 9.84 Å². The second-order valence-corrected chi connectivity index (χ2v) is 5.37. The minimum atomic E-state index is -1.14. The Hall–Kier alpha value is -1.10. The maximum absolute atomic E-state index is 14.2. The predicted octanol–water partition coefficient (Wildman–Crippen LogP) is 4.72. The molecule has 0 saturated carbocycles. The van der Waals surface area contributed by atoms with Crippen LogP contribution in [0.15, 0.2) is 40.9 Å². The highest BCUT2D eigenvalue weighted by Gasteiger charge is 2.21. The Morgan fingerprint density at radius 2 is 1.95 bits per heavy atom. The first-order chi connectivity index (χ1) is 9.56. The molecule has 0 saturated heterocycles. The number of para-hydroxylation sites is 1. The van der Waals surface area contributed by atoms with Gasteiger partial charge in [0.15, 0.2) is 0 Å². The van der Waals surface area contributed by atoms with Crippen LogP contribution in [0.3, 0.4) is 0 Å². The molecule has 5 heteroatoms. The summed E-state index contributed by atoms with van der Waals surface area (Å²) in [6.45, 7) is 2.31. The average Bonchev–Trinajstić information content (AvgIpc) is 2.45. The van der Waals surface area contributed by atoms with Crippen LogP contribution in [-0.2, 0) is 0 Å². The Bertz CT molecular complexity index is 619. The Labute approximate surface area is 130 Å². The van der Waals surface area contributed by atoms with E-state index in [0.29, 0.717) is 22.4 Å². The summed E-state index contributed by atoms with van der Waals surface area (Å²) in [6, 6.07) is 10.1. The van der Waals surface area contributed by atoms with E-state index in [9.17, 15) is 9.50 Å². The fourth-order valence-electron chi connectivity index (χ4n) is 1.91. The van der Waals surface area contributed by atoms with Gasteiger partial charge in [0, 0.05) is 15.6 Å². The van der Waals surface area contributed by atoms with Crippen LogP contribution in [0.4, 0.5) is 4.39 Å². The molecule has 0 aromatic heterocycles. The lowest BCUT2D eigenvalue weighted by atomic mass is 10.00. The molecule has 2 rings (SSSR count). The highest BCUT2D eigenvalue weighted by molar-refractivity contribution is 9.10. The number of rotatable bonds is 4. The van der Waals surface area contributed by atoms with Crippen LogP contribution in [0.1, 0.15) is 24.2 Å². The van der Waals surface area contributed by atoms with Gasteiger partial charge >= 0.3 is 0 Å². The molecule has 0 aliphatic heterocycles. The molecule has 0 fully saturated rings. The number of ether oxygens (including phenoxy) is 1. The third-order valence-electron chi connectivity index (χ3n) is 2.87. The Morgan fingerprint density at radius 3 is 2.65 bits per heavy atom. The zero-order valence-corrected chi connectivity index (χ0v) is 13.1. The lowest BCUT2D eigenvalue weighted by Gasteiger charge is -2.17. The van der Waals surface area contributed by atoms with Gasteiger partial charge in [0.2, 0.25) is 0 Å². The topological polar surface area (TPSA) is 29.5 Å². The van der Waals surface area contributed by atoms with Gasteiger partial charge in [0.05, 0.1) is 11.6 Å². The van der Waals surface area contributed by atoms with E-state index >= 15 is 0 Å². The number of halogens is 3. The molecule has 0 aliphatic rings. The first kappa shape index (κ1) is 15.3. The highest BCUT2D eigenvalue weighted by Crippen LogP contribution is 2.35. The van der Waals surface area contributed by atoms with Crippen molar-refractivity contribution in [3.8, 4) is 5.75 Å². The van der Waals surface area contributed by atoms with Crippen LogP contribution in [0.25, 0.3) is 0 Å². The van der Waals surface area contributed by atoms with Crippen molar-refractivity contribution in [2.45, 2.75) is 13.0 Å². The second kappa shape index (κ2) is 6.57. The molecule has 0 bridgehead atoms. The van der Waals surface area contributed by atoms with E-state index in [0.717, 1.165) is 0 Å². The minimum absolute atomic E-state index is 0.0459. The summed E-state index contributed by atoms with van der Waals surface area (Å²) in [5.74, 6) is -0.110. The average molecular weight is 360 g/mol. The smallest absolute Gasteiger partial charge is 0.149 e. The van der Waals surface area contributed by atoms with E-state index in [4.69, 9.17) is 16.3 Å². The van der Waals surface area contributed by atoms with Crippen molar-refractivity contribution in [2.75, 3.05) is 6.61 Å². The molecule has 106 valence electrons. The monoisotopic (exact) mass is 358 g/mol. The van der Waals surface area contributed by atoms with Crippen LogP contribution >= 0.6 is 27.5 Å². The highest BCUT2D eigenvalue weighted by atomic mass is 79.9. The quantitative estimate of drug-likeness (QED) is 0.800. The van der Waals surface area contributed by atoms with Gasteiger partial charge in [-0.05, 0) is 35.0 Å². The maximum atomic E-state index is 14.2. The third-order valence-corrected chi connectivity index (χ3v) is 4.13. The van der Waals surface area contributed by atoms with Crippen LogP contribution in [0.5, 0.6) is 5.75 Å². The number of aliphatic hydroxyl groups is 1. The van der Waals surface area contributed by atoms with Crippen molar-refractivity contribution < 1.29 is 14.2 Å². The van der Waals surface area contributed by atoms with Gasteiger partial charge in [0.1, 0.15) is 17.7 Å². The molecule has 2 aromatic carbocycles. The van der Waals surface area contributed by atoms with E-state index in [-0.39, 0.29) is 10.6 Å². The fraction of sp³-hybridized carbons (Fsp3) is 0.200. The summed E-state index contributed by atoms with van der Waals surface area (Å²) in [6.07, 6.45) is -1.14. The van der Waals surface area contributed by atoms with Gasteiger partial charge in [-0.25, -0.2) is 4.39 Å². The van der Waals surface area contributed by atoms with Gasteiger partial charge in [-0.1, -0.05) is 35.9 Å². The van der Waals surface area contributed by atoms with Crippen molar-refractivity contribution in [1.82, 2.24) is 0 Å². The van der Waals surface area contributed by atoms with E-state index in [2.05, 4.69) is 15.9 Å². The normalized spacial score (nSPS) is 12.2. The molecule has 20 heavy (non-hydrogen) atoms. The lowest BCUT2D eigenvalue weighted by Crippen LogP contribution is -2.06.